The standard InChI is InChI=1S/C20H24N2/c1-3-11-19(17-13-7-5-8-14-17)21-22-20(12-4-2)18-15-9-6-10-16-18/h5-10,13-16H,3-4,11-12H2,1-2H3/b21-19+,22-20+. The maximum Gasteiger partial charge on any atom is 0.0702 e. The number of benzene rings is 2. The summed E-state index contributed by atoms with van der Waals surface area (Å²) in [5.74, 6) is 0. The highest BCUT2D eigenvalue weighted by Crippen LogP contribution is 2.10. The number of hydrogen-bond acceptors (Lipinski definition) is 2. The van der Waals surface area contributed by atoms with Crippen molar-refractivity contribution in [3.63, 3.8) is 0 Å². The van der Waals surface area contributed by atoms with Crippen LogP contribution in [-0.4, -0.2) is 11.4 Å². The van der Waals surface area contributed by atoms with Crippen molar-refractivity contribution >= 4 is 11.4 Å². The third kappa shape index (κ3) is 4.66. The topological polar surface area (TPSA) is 24.7 Å². The molecule has 2 aromatic carbocycles. The van der Waals surface area contributed by atoms with E-state index in [0.717, 1.165) is 48.2 Å². The van der Waals surface area contributed by atoms with Gasteiger partial charge >= 0.3 is 0 Å². The second kappa shape index (κ2) is 8.93. The third-order valence-electron chi connectivity index (χ3n) is 3.48. The summed E-state index contributed by atoms with van der Waals surface area (Å²) in [6.45, 7) is 4.35. The predicted octanol–water partition coefficient (Wildman–Crippen LogP) is 5.48. The first-order chi connectivity index (χ1) is 10.8. The van der Waals surface area contributed by atoms with Gasteiger partial charge in [-0.2, -0.15) is 10.2 Å². The van der Waals surface area contributed by atoms with Crippen LogP contribution in [-0.2, 0) is 0 Å². The molecule has 2 rings (SSSR count). The van der Waals surface area contributed by atoms with E-state index in [9.17, 15) is 0 Å². The lowest BCUT2D eigenvalue weighted by molar-refractivity contribution is 0.966. The molecule has 0 aliphatic carbocycles. The molecule has 114 valence electrons. The van der Waals surface area contributed by atoms with E-state index in [0.29, 0.717) is 0 Å². The largest absolute Gasteiger partial charge is 0.155 e. The molecule has 0 fully saturated rings. The Kier molecular flexibility index (Phi) is 6.56. The van der Waals surface area contributed by atoms with E-state index < -0.39 is 0 Å². The van der Waals surface area contributed by atoms with Crippen molar-refractivity contribution in [1.82, 2.24) is 0 Å². The summed E-state index contributed by atoms with van der Waals surface area (Å²) in [6, 6.07) is 20.7. The van der Waals surface area contributed by atoms with E-state index in [1.54, 1.807) is 0 Å². The van der Waals surface area contributed by atoms with Gasteiger partial charge in [-0.05, 0) is 24.0 Å². The van der Waals surface area contributed by atoms with Crippen molar-refractivity contribution < 1.29 is 0 Å². The minimum absolute atomic E-state index is 0.946. The summed E-state index contributed by atoms with van der Waals surface area (Å²) in [5.41, 5.74) is 4.45. The predicted molar refractivity (Wildman–Crippen MR) is 95.8 cm³/mol. The van der Waals surface area contributed by atoms with Crippen molar-refractivity contribution in [2.24, 2.45) is 10.2 Å². The van der Waals surface area contributed by atoms with Gasteiger partial charge in [-0.1, -0.05) is 87.4 Å². The highest BCUT2D eigenvalue weighted by Gasteiger charge is 2.04. The van der Waals surface area contributed by atoms with Crippen molar-refractivity contribution in [3.8, 4) is 0 Å². The van der Waals surface area contributed by atoms with Crippen LogP contribution in [0.3, 0.4) is 0 Å². The lowest BCUT2D eigenvalue weighted by atomic mass is 10.1. The van der Waals surface area contributed by atoms with Crippen LogP contribution in [0.5, 0.6) is 0 Å². The molecule has 0 aliphatic heterocycles. The van der Waals surface area contributed by atoms with Crippen LogP contribution >= 0.6 is 0 Å². The Balaban J connectivity index is 2.33. The van der Waals surface area contributed by atoms with Crippen molar-refractivity contribution in [2.75, 3.05) is 0 Å². The van der Waals surface area contributed by atoms with Crippen LogP contribution in [0, 0.1) is 0 Å². The Morgan fingerprint density at radius 1 is 0.636 bits per heavy atom. The van der Waals surface area contributed by atoms with Gasteiger partial charge in [0, 0.05) is 0 Å². The van der Waals surface area contributed by atoms with Gasteiger partial charge in [-0.15, -0.1) is 0 Å². The van der Waals surface area contributed by atoms with Crippen LogP contribution in [0.2, 0.25) is 0 Å². The van der Waals surface area contributed by atoms with Gasteiger partial charge in [0.25, 0.3) is 0 Å². The first-order valence-electron chi connectivity index (χ1n) is 8.09. The smallest absolute Gasteiger partial charge is 0.0702 e. The zero-order chi connectivity index (χ0) is 15.6. The molecule has 0 bridgehead atoms. The first kappa shape index (κ1) is 16.2. The summed E-state index contributed by atoms with van der Waals surface area (Å²) in [5, 5.41) is 9.17. The second-order valence-electron chi connectivity index (χ2n) is 5.33. The Hall–Kier alpha value is -2.22. The summed E-state index contributed by atoms with van der Waals surface area (Å²) in [6.07, 6.45) is 4.03. The highest BCUT2D eigenvalue weighted by atomic mass is 15.2. The molecule has 2 aromatic rings. The number of rotatable bonds is 7. The number of nitrogens with zero attached hydrogens (tertiary/aromatic N) is 2. The average Bonchev–Trinajstić information content (AvgIpc) is 2.59. The van der Waals surface area contributed by atoms with Gasteiger partial charge in [0.1, 0.15) is 0 Å². The Labute approximate surface area is 133 Å². The molecule has 0 N–H and O–H groups in total. The van der Waals surface area contributed by atoms with Gasteiger partial charge in [-0.3, -0.25) is 0 Å². The molecular formula is C20H24N2. The zero-order valence-electron chi connectivity index (χ0n) is 13.5. The van der Waals surface area contributed by atoms with E-state index in [2.05, 4.69) is 48.3 Å². The maximum absolute atomic E-state index is 4.58. The van der Waals surface area contributed by atoms with Crippen molar-refractivity contribution in [1.29, 1.82) is 0 Å². The van der Waals surface area contributed by atoms with Crippen molar-refractivity contribution in [3.05, 3.63) is 71.8 Å². The molecule has 22 heavy (non-hydrogen) atoms. The summed E-state index contributed by atoms with van der Waals surface area (Å²) in [4.78, 5) is 0. The van der Waals surface area contributed by atoms with Gasteiger partial charge in [-0.25, -0.2) is 0 Å². The van der Waals surface area contributed by atoms with Crippen LogP contribution in [0.1, 0.15) is 50.7 Å². The van der Waals surface area contributed by atoms with Crippen LogP contribution in [0.25, 0.3) is 0 Å². The molecule has 0 atom stereocenters. The van der Waals surface area contributed by atoms with E-state index in [4.69, 9.17) is 0 Å². The molecule has 0 radical (unpaired) electrons. The zero-order valence-corrected chi connectivity index (χ0v) is 13.5. The first-order valence-corrected chi connectivity index (χ1v) is 8.09. The fourth-order valence-electron chi connectivity index (χ4n) is 2.36. The fourth-order valence-corrected chi connectivity index (χ4v) is 2.36. The minimum atomic E-state index is 0.946. The Morgan fingerprint density at radius 3 is 1.32 bits per heavy atom. The van der Waals surface area contributed by atoms with Gasteiger partial charge in [0.2, 0.25) is 0 Å². The summed E-state index contributed by atoms with van der Waals surface area (Å²) in [7, 11) is 0. The number of hydrogen-bond donors (Lipinski definition) is 0. The highest BCUT2D eigenvalue weighted by molar-refractivity contribution is 6.03. The maximum atomic E-state index is 4.58. The molecule has 0 unspecified atom stereocenters. The lowest BCUT2D eigenvalue weighted by Gasteiger charge is -2.06. The SMILES string of the molecule is CCC/C(=N\N=C(/CCC)c1ccccc1)c1ccccc1. The lowest BCUT2D eigenvalue weighted by Crippen LogP contribution is -2.03. The molecule has 2 nitrogen and oxygen atoms in total. The van der Waals surface area contributed by atoms with Crippen LogP contribution < -0.4 is 0 Å². The quantitative estimate of drug-likeness (QED) is 0.477. The Morgan fingerprint density at radius 2 is 1.00 bits per heavy atom. The second-order valence-corrected chi connectivity index (χ2v) is 5.33. The molecule has 0 aromatic heterocycles. The summed E-state index contributed by atoms with van der Waals surface area (Å²) >= 11 is 0. The van der Waals surface area contributed by atoms with E-state index in [-0.39, 0.29) is 0 Å². The van der Waals surface area contributed by atoms with Gasteiger partial charge in [0.05, 0.1) is 11.4 Å². The van der Waals surface area contributed by atoms with Gasteiger partial charge < -0.3 is 0 Å². The molecule has 0 aliphatic rings. The Bertz CT molecular complexity index is 555. The van der Waals surface area contributed by atoms with Crippen LogP contribution in [0.4, 0.5) is 0 Å². The van der Waals surface area contributed by atoms with E-state index in [1.807, 2.05) is 36.4 Å². The molecule has 0 heterocycles. The van der Waals surface area contributed by atoms with Gasteiger partial charge in [0.15, 0.2) is 0 Å². The van der Waals surface area contributed by atoms with Crippen LogP contribution in [0.15, 0.2) is 70.9 Å². The summed E-state index contributed by atoms with van der Waals surface area (Å²) < 4.78 is 0. The minimum Gasteiger partial charge on any atom is -0.155 e. The third-order valence-corrected chi connectivity index (χ3v) is 3.48. The molecule has 2 heteroatoms. The molecule has 0 amide bonds. The van der Waals surface area contributed by atoms with Crippen molar-refractivity contribution in [2.45, 2.75) is 39.5 Å². The monoisotopic (exact) mass is 292 g/mol. The molecule has 0 saturated carbocycles. The molecular weight excluding hydrogens is 268 g/mol. The fraction of sp³-hybridized carbons (Fsp3) is 0.300. The molecule has 0 spiro atoms. The van der Waals surface area contributed by atoms with E-state index in [1.165, 1.54) is 0 Å². The molecule has 0 saturated heterocycles. The normalized spacial score (nSPS) is 12.5. The van der Waals surface area contributed by atoms with E-state index >= 15 is 0 Å². The average molecular weight is 292 g/mol.